The van der Waals surface area contributed by atoms with Crippen LogP contribution in [0.25, 0.3) is 0 Å². The zero-order valence-corrected chi connectivity index (χ0v) is 14.1. The van der Waals surface area contributed by atoms with Gasteiger partial charge in [0.05, 0.1) is 5.69 Å². The van der Waals surface area contributed by atoms with E-state index < -0.39 is 15.8 Å². The van der Waals surface area contributed by atoms with Crippen LogP contribution in [0.5, 0.6) is 0 Å². The molecule has 2 aromatic rings. The monoisotopic (exact) mass is 421 g/mol. The van der Waals surface area contributed by atoms with Gasteiger partial charge in [0, 0.05) is 16.3 Å². The molecule has 0 unspecified atom stereocenters. The second kappa shape index (κ2) is 6.56. The number of hydrogen-bond donors (Lipinski definition) is 2. The third-order valence-electron chi connectivity index (χ3n) is 2.58. The predicted octanol–water partition coefficient (Wildman–Crippen LogP) is 3.06. The van der Waals surface area contributed by atoms with E-state index in [9.17, 15) is 12.8 Å². The molecule has 0 spiro atoms. The minimum Gasteiger partial charge on any atom is -0.370 e. The van der Waals surface area contributed by atoms with Crippen LogP contribution in [0.1, 0.15) is 6.92 Å². The van der Waals surface area contributed by atoms with Gasteiger partial charge in [0.15, 0.2) is 0 Å². The van der Waals surface area contributed by atoms with Crippen LogP contribution < -0.4 is 10.0 Å². The lowest BCUT2D eigenvalue weighted by Gasteiger charge is -2.10. The maximum atomic E-state index is 13.0. The van der Waals surface area contributed by atoms with Crippen molar-refractivity contribution in [3.8, 4) is 0 Å². The topological polar surface area (TPSA) is 71.1 Å². The molecular weight excluding hydrogens is 408 g/mol. The first-order valence-electron chi connectivity index (χ1n) is 6.10. The Bertz CT molecular complexity index is 736. The minimum absolute atomic E-state index is 0.0456. The van der Waals surface area contributed by atoms with Gasteiger partial charge >= 0.3 is 0 Å². The fourth-order valence-corrected chi connectivity index (χ4v) is 3.42. The molecule has 0 aliphatic carbocycles. The predicted molar refractivity (Wildman–Crippen MR) is 88.3 cm³/mol. The Labute approximate surface area is 136 Å². The summed E-state index contributed by atoms with van der Waals surface area (Å²) < 4.78 is 40.4. The molecular formula is C13H13FIN3O2S. The van der Waals surface area contributed by atoms with E-state index in [4.69, 9.17) is 0 Å². The standard InChI is InChI=1S/C13H13FIN3O2S/c1-2-16-13-6-4-10(8-17-13)21(19,20)18-12-5-3-9(14)7-11(12)15/h3-8,18H,2H2,1H3,(H,16,17). The van der Waals surface area contributed by atoms with E-state index in [2.05, 4.69) is 15.0 Å². The molecule has 0 saturated heterocycles. The van der Waals surface area contributed by atoms with E-state index in [0.29, 0.717) is 21.6 Å². The first-order chi connectivity index (χ1) is 9.92. The van der Waals surface area contributed by atoms with Gasteiger partial charge in [-0.2, -0.15) is 0 Å². The van der Waals surface area contributed by atoms with Crippen molar-refractivity contribution >= 4 is 44.1 Å². The van der Waals surface area contributed by atoms with Gasteiger partial charge in [-0.25, -0.2) is 17.8 Å². The smallest absolute Gasteiger partial charge is 0.263 e. The van der Waals surface area contributed by atoms with Gasteiger partial charge in [-0.3, -0.25) is 4.72 Å². The minimum atomic E-state index is -3.75. The number of halogens is 2. The Balaban J connectivity index is 2.25. The molecule has 0 atom stereocenters. The number of pyridine rings is 1. The Morgan fingerprint density at radius 1 is 1.29 bits per heavy atom. The van der Waals surface area contributed by atoms with Crippen molar-refractivity contribution in [1.82, 2.24) is 4.98 Å². The van der Waals surface area contributed by atoms with Gasteiger partial charge in [-0.15, -0.1) is 0 Å². The highest BCUT2D eigenvalue weighted by Crippen LogP contribution is 2.22. The van der Waals surface area contributed by atoms with Crippen molar-refractivity contribution in [3.05, 3.63) is 45.9 Å². The van der Waals surface area contributed by atoms with Crippen molar-refractivity contribution < 1.29 is 12.8 Å². The number of nitrogens with zero attached hydrogens (tertiary/aromatic N) is 1. The summed E-state index contributed by atoms with van der Waals surface area (Å²) in [5.41, 5.74) is 0.327. The van der Waals surface area contributed by atoms with Crippen LogP contribution in [-0.2, 0) is 10.0 Å². The number of hydrogen-bond acceptors (Lipinski definition) is 4. The fourth-order valence-electron chi connectivity index (χ4n) is 1.60. The summed E-state index contributed by atoms with van der Waals surface area (Å²) in [6.45, 7) is 2.62. The van der Waals surface area contributed by atoms with Gasteiger partial charge < -0.3 is 5.32 Å². The SMILES string of the molecule is CCNc1ccc(S(=O)(=O)Nc2ccc(F)cc2I)cn1. The number of anilines is 2. The molecule has 1 heterocycles. The van der Waals surface area contributed by atoms with Crippen LogP contribution in [0.2, 0.25) is 0 Å². The van der Waals surface area contributed by atoms with Crippen LogP contribution in [0, 0.1) is 9.39 Å². The van der Waals surface area contributed by atoms with Crippen molar-refractivity contribution in [2.45, 2.75) is 11.8 Å². The molecule has 5 nitrogen and oxygen atoms in total. The second-order valence-corrected chi connectivity index (χ2v) is 6.98. The summed E-state index contributed by atoms with van der Waals surface area (Å²) in [5, 5.41) is 2.98. The first-order valence-corrected chi connectivity index (χ1v) is 8.66. The van der Waals surface area contributed by atoms with Gasteiger partial charge in [0.25, 0.3) is 10.0 Å². The summed E-state index contributed by atoms with van der Waals surface area (Å²) in [6, 6.07) is 6.89. The molecule has 1 aromatic heterocycles. The average molecular weight is 421 g/mol. The largest absolute Gasteiger partial charge is 0.370 e. The lowest BCUT2D eigenvalue weighted by molar-refractivity contribution is 0.600. The third-order valence-corrected chi connectivity index (χ3v) is 4.82. The van der Waals surface area contributed by atoms with Crippen molar-refractivity contribution in [2.24, 2.45) is 0 Å². The van der Waals surface area contributed by atoms with Gasteiger partial charge in [-0.1, -0.05) is 0 Å². The molecule has 0 amide bonds. The van der Waals surface area contributed by atoms with Crippen LogP contribution in [0.4, 0.5) is 15.9 Å². The Morgan fingerprint density at radius 3 is 2.62 bits per heavy atom. The lowest BCUT2D eigenvalue weighted by Crippen LogP contribution is -2.14. The maximum absolute atomic E-state index is 13.0. The second-order valence-electron chi connectivity index (χ2n) is 4.14. The molecule has 0 aliphatic rings. The molecule has 8 heteroatoms. The van der Waals surface area contributed by atoms with Crippen molar-refractivity contribution in [2.75, 3.05) is 16.6 Å². The lowest BCUT2D eigenvalue weighted by atomic mass is 10.3. The molecule has 0 saturated carbocycles. The summed E-state index contributed by atoms with van der Waals surface area (Å²) in [7, 11) is -3.75. The quantitative estimate of drug-likeness (QED) is 0.729. The fraction of sp³-hybridized carbons (Fsp3) is 0.154. The van der Waals surface area contributed by atoms with E-state index >= 15 is 0 Å². The molecule has 2 rings (SSSR count). The molecule has 21 heavy (non-hydrogen) atoms. The van der Waals surface area contributed by atoms with Gasteiger partial charge in [0.2, 0.25) is 0 Å². The van der Waals surface area contributed by atoms with E-state index in [1.54, 1.807) is 6.07 Å². The van der Waals surface area contributed by atoms with Crippen LogP contribution in [0.3, 0.4) is 0 Å². The molecule has 0 aliphatic heterocycles. The number of aromatic nitrogens is 1. The van der Waals surface area contributed by atoms with E-state index in [0.717, 1.165) is 0 Å². The summed E-state index contributed by atoms with van der Waals surface area (Å²) in [5.74, 6) is 0.187. The van der Waals surface area contributed by atoms with Crippen LogP contribution in [0.15, 0.2) is 41.4 Å². The van der Waals surface area contributed by atoms with Crippen LogP contribution >= 0.6 is 22.6 Å². The zero-order chi connectivity index (χ0) is 15.5. The molecule has 0 fully saturated rings. The van der Waals surface area contributed by atoms with Crippen molar-refractivity contribution in [3.63, 3.8) is 0 Å². The number of benzene rings is 1. The maximum Gasteiger partial charge on any atom is 0.263 e. The molecule has 1 aromatic carbocycles. The Hall–Kier alpha value is -1.42. The summed E-state index contributed by atoms with van der Waals surface area (Å²) in [6.07, 6.45) is 1.27. The van der Waals surface area contributed by atoms with Crippen LogP contribution in [-0.4, -0.2) is 19.9 Å². The summed E-state index contributed by atoms with van der Waals surface area (Å²) >= 11 is 1.87. The third kappa shape index (κ3) is 4.03. The highest BCUT2D eigenvalue weighted by Gasteiger charge is 2.16. The van der Waals surface area contributed by atoms with E-state index in [1.165, 1.54) is 30.5 Å². The highest BCUT2D eigenvalue weighted by molar-refractivity contribution is 14.1. The first kappa shape index (κ1) is 16.0. The van der Waals surface area contributed by atoms with Gasteiger partial charge in [0.1, 0.15) is 16.5 Å². The molecule has 2 N–H and O–H groups in total. The molecule has 0 radical (unpaired) electrons. The molecule has 0 bridgehead atoms. The van der Waals surface area contributed by atoms with Crippen molar-refractivity contribution in [1.29, 1.82) is 0 Å². The number of rotatable bonds is 5. The van der Waals surface area contributed by atoms with E-state index in [-0.39, 0.29) is 4.90 Å². The Kier molecular flexibility index (Phi) is 4.99. The van der Waals surface area contributed by atoms with E-state index in [1.807, 2.05) is 29.5 Å². The Morgan fingerprint density at radius 2 is 2.05 bits per heavy atom. The zero-order valence-electron chi connectivity index (χ0n) is 11.1. The van der Waals surface area contributed by atoms with Gasteiger partial charge in [-0.05, 0) is 59.8 Å². The normalized spacial score (nSPS) is 11.2. The molecule has 112 valence electrons. The number of nitrogens with one attached hydrogen (secondary N) is 2. The summed E-state index contributed by atoms with van der Waals surface area (Å²) in [4.78, 5) is 4.07. The average Bonchev–Trinajstić information content (AvgIpc) is 2.43. The highest BCUT2D eigenvalue weighted by atomic mass is 127. The number of sulfonamides is 1.